The van der Waals surface area contributed by atoms with Crippen LogP contribution in [0.1, 0.15) is 11.6 Å². The van der Waals surface area contributed by atoms with E-state index in [0.717, 1.165) is 18.2 Å². The van der Waals surface area contributed by atoms with Crippen LogP contribution in [-0.4, -0.2) is 0 Å². The van der Waals surface area contributed by atoms with E-state index in [1.807, 2.05) is 0 Å². The zero-order chi connectivity index (χ0) is 13.8. The van der Waals surface area contributed by atoms with Crippen molar-refractivity contribution < 1.29 is 13.2 Å². The van der Waals surface area contributed by atoms with Crippen molar-refractivity contribution in [2.75, 3.05) is 5.32 Å². The average Bonchev–Trinajstić information content (AvgIpc) is 2.41. The molecule has 2 aromatic carbocycles. The number of hydrogen-bond donors (Lipinski definition) is 1. The maximum absolute atomic E-state index is 13.6. The maximum atomic E-state index is 13.6. The van der Waals surface area contributed by atoms with Gasteiger partial charge in [0.2, 0.25) is 0 Å². The molecule has 2 aromatic rings. The molecule has 0 aromatic heterocycles. The average molecular weight is 262 g/mol. The molecule has 0 aliphatic heterocycles. The van der Waals surface area contributed by atoms with Crippen LogP contribution < -0.4 is 5.32 Å². The second-order valence-corrected chi connectivity index (χ2v) is 3.85. The first kappa shape index (κ1) is 13.0. The Bertz CT molecular complexity index is 635. The van der Waals surface area contributed by atoms with Gasteiger partial charge in [0.1, 0.15) is 23.5 Å². The highest BCUT2D eigenvalue weighted by atomic mass is 19.1. The molecule has 1 atom stereocenters. The second-order valence-electron chi connectivity index (χ2n) is 3.85. The van der Waals surface area contributed by atoms with Gasteiger partial charge in [-0.15, -0.1) is 0 Å². The number of nitriles is 1. The number of anilines is 1. The molecule has 19 heavy (non-hydrogen) atoms. The van der Waals surface area contributed by atoms with Crippen molar-refractivity contribution in [1.82, 2.24) is 0 Å². The first-order valence-corrected chi connectivity index (χ1v) is 5.47. The van der Waals surface area contributed by atoms with E-state index < -0.39 is 23.5 Å². The van der Waals surface area contributed by atoms with Crippen LogP contribution in [0.5, 0.6) is 0 Å². The van der Waals surface area contributed by atoms with Gasteiger partial charge in [-0.1, -0.05) is 12.1 Å². The summed E-state index contributed by atoms with van der Waals surface area (Å²) >= 11 is 0. The molecule has 96 valence electrons. The standard InChI is InChI=1S/C14H9F3N2/c15-9-5-6-11(16)10(7-9)14(8-18)19-13-4-2-1-3-12(13)17/h1-7,14,19H. The van der Waals surface area contributed by atoms with Crippen molar-refractivity contribution in [2.45, 2.75) is 6.04 Å². The summed E-state index contributed by atoms with van der Waals surface area (Å²) in [5.74, 6) is -1.96. The van der Waals surface area contributed by atoms with Crippen molar-refractivity contribution in [3.63, 3.8) is 0 Å². The first-order chi connectivity index (χ1) is 9.11. The van der Waals surface area contributed by atoms with E-state index >= 15 is 0 Å². The lowest BCUT2D eigenvalue weighted by Crippen LogP contribution is -2.11. The van der Waals surface area contributed by atoms with Crippen LogP contribution in [0.25, 0.3) is 0 Å². The van der Waals surface area contributed by atoms with Crippen LogP contribution >= 0.6 is 0 Å². The monoisotopic (exact) mass is 262 g/mol. The third kappa shape index (κ3) is 2.86. The summed E-state index contributed by atoms with van der Waals surface area (Å²) in [5.41, 5.74) is -0.108. The topological polar surface area (TPSA) is 35.8 Å². The predicted molar refractivity (Wildman–Crippen MR) is 64.7 cm³/mol. The number of para-hydroxylation sites is 1. The number of hydrogen-bond acceptors (Lipinski definition) is 2. The number of halogens is 3. The van der Waals surface area contributed by atoms with Gasteiger partial charge in [0.15, 0.2) is 0 Å². The second kappa shape index (κ2) is 5.44. The Labute approximate surface area is 108 Å². The lowest BCUT2D eigenvalue weighted by atomic mass is 10.1. The molecule has 0 saturated heterocycles. The molecule has 0 fully saturated rings. The summed E-state index contributed by atoms with van der Waals surface area (Å²) in [6, 6.07) is 9.08. The molecule has 1 N–H and O–H groups in total. The fourth-order valence-electron chi connectivity index (χ4n) is 1.65. The summed E-state index contributed by atoms with van der Waals surface area (Å²) in [5, 5.41) is 11.6. The Morgan fingerprint density at radius 3 is 2.42 bits per heavy atom. The molecule has 0 amide bonds. The van der Waals surface area contributed by atoms with E-state index in [4.69, 9.17) is 5.26 Å². The van der Waals surface area contributed by atoms with Gasteiger partial charge >= 0.3 is 0 Å². The summed E-state index contributed by atoms with van der Waals surface area (Å²) in [6.07, 6.45) is 0. The van der Waals surface area contributed by atoms with E-state index in [1.54, 1.807) is 12.1 Å². The minimum atomic E-state index is -1.17. The van der Waals surface area contributed by atoms with Crippen LogP contribution in [0.3, 0.4) is 0 Å². The summed E-state index contributed by atoms with van der Waals surface area (Å²) in [6.45, 7) is 0. The minimum absolute atomic E-state index is 0.0534. The van der Waals surface area contributed by atoms with Crippen molar-refractivity contribution >= 4 is 5.69 Å². The van der Waals surface area contributed by atoms with E-state index in [9.17, 15) is 13.2 Å². The Morgan fingerprint density at radius 1 is 1.00 bits per heavy atom. The molecule has 5 heteroatoms. The number of benzene rings is 2. The van der Waals surface area contributed by atoms with E-state index in [-0.39, 0.29) is 11.3 Å². The van der Waals surface area contributed by atoms with Gasteiger partial charge < -0.3 is 5.32 Å². The van der Waals surface area contributed by atoms with E-state index in [2.05, 4.69) is 5.32 Å². The maximum Gasteiger partial charge on any atom is 0.146 e. The lowest BCUT2D eigenvalue weighted by Gasteiger charge is -2.14. The van der Waals surface area contributed by atoms with Crippen LogP contribution in [0.15, 0.2) is 42.5 Å². The number of nitrogens with one attached hydrogen (secondary N) is 1. The smallest absolute Gasteiger partial charge is 0.146 e. The van der Waals surface area contributed by atoms with Gasteiger partial charge in [-0.05, 0) is 30.3 Å². The molecule has 2 nitrogen and oxygen atoms in total. The highest BCUT2D eigenvalue weighted by Crippen LogP contribution is 2.24. The fraction of sp³-hybridized carbons (Fsp3) is 0.0714. The van der Waals surface area contributed by atoms with Gasteiger partial charge in [-0.25, -0.2) is 13.2 Å². The minimum Gasteiger partial charge on any atom is -0.364 e. The zero-order valence-corrected chi connectivity index (χ0v) is 9.70. The van der Waals surface area contributed by atoms with Crippen molar-refractivity contribution in [3.05, 3.63) is 65.5 Å². The van der Waals surface area contributed by atoms with Gasteiger partial charge in [-0.2, -0.15) is 5.26 Å². The summed E-state index contributed by atoms with van der Waals surface area (Å²) in [7, 11) is 0. The highest BCUT2D eigenvalue weighted by molar-refractivity contribution is 5.48. The quantitative estimate of drug-likeness (QED) is 0.913. The predicted octanol–water partition coefficient (Wildman–Crippen LogP) is 3.78. The zero-order valence-electron chi connectivity index (χ0n) is 9.70. The molecule has 0 spiro atoms. The third-order valence-corrected chi connectivity index (χ3v) is 2.57. The lowest BCUT2D eigenvalue weighted by molar-refractivity contribution is 0.582. The van der Waals surface area contributed by atoms with Crippen LogP contribution in [-0.2, 0) is 0 Å². The first-order valence-electron chi connectivity index (χ1n) is 5.47. The highest BCUT2D eigenvalue weighted by Gasteiger charge is 2.17. The van der Waals surface area contributed by atoms with Gasteiger partial charge in [0, 0.05) is 5.56 Å². The van der Waals surface area contributed by atoms with Crippen LogP contribution in [0.2, 0.25) is 0 Å². The molecular formula is C14H9F3N2. The van der Waals surface area contributed by atoms with Crippen molar-refractivity contribution in [1.29, 1.82) is 5.26 Å². The molecule has 0 radical (unpaired) electrons. The third-order valence-electron chi connectivity index (χ3n) is 2.57. The van der Waals surface area contributed by atoms with Crippen molar-refractivity contribution in [3.8, 4) is 6.07 Å². The number of nitrogens with zero attached hydrogens (tertiary/aromatic N) is 1. The van der Waals surface area contributed by atoms with Gasteiger partial charge in [0.25, 0.3) is 0 Å². The fourth-order valence-corrected chi connectivity index (χ4v) is 1.65. The molecular weight excluding hydrogens is 253 g/mol. The molecule has 1 unspecified atom stereocenters. The molecule has 0 aliphatic carbocycles. The molecule has 0 saturated carbocycles. The van der Waals surface area contributed by atoms with Crippen molar-refractivity contribution in [2.24, 2.45) is 0 Å². The molecule has 0 bridgehead atoms. The SMILES string of the molecule is N#CC(Nc1ccccc1F)c1cc(F)ccc1F. The van der Waals surface area contributed by atoms with Crippen LogP contribution in [0.4, 0.5) is 18.9 Å². The van der Waals surface area contributed by atoms with Gasteiger partial charge in [0.05, 0.1) is 11.8 Å². The number of rotatable bonds is 3. The summed E-state index contributed by atoms with van der Waals surface area (Å²) < 4.78 is 40.1. The van der Waals surface area contributed by atoms with E-state index in [1.165, 1.54) is 18.2 Å². The molecule has 2 rings (SSSR count). The molecule has 0 heterocycles. The Morgan fingerprint density at radius 2 is 1.74 bits per heavy atom. The largest absolute Gasteiger partial charge is 0.364 e. The Hall–Kier alpha value is -2.48. The van der Waals surface area contributed by atoms with E-state index in [0.29, 0.717) is 0 Å². The van der Waals surface area contributed by atoms with Gasteiger partial charge in [-0.3, -0.25) is 0 Å². The Balaban J connectivity index is 2.34. The Kier molecular flexibility index (Phi) is 3.71. The normalized spacial score (nSPS) is 11.7. The molecule has 0 aliphatic rings. The summed E-state index contributed by atoms with van der Waals surface area (Å²) in [4.78, 5) is 0. The van der Waals surface area contributed by atoms with Crippen LogP contribution in [0, 0.1) is 28.8 Å².